The molecule has 2 nitrogen and oxygen atoms in total. The number of carbonyl (C=O) groups is 1. The monoisotopic (exact) mass is 195 g/mol. The molecule has 2 saturated carbocycles. The molecule has 2 heteroatoms. The zero-order chi connectivity index (χ0) is 10.2. The first-order valence-electron chi connectivity index (χ1n) is 5.91. The maximum absolute atomic E-state index is 11.8. The molecule has 1 N–H and O–H groups in total. The van der Waals surface area contributed by atoms with Gasteiger partial charge in [-0.15, -0.1) is 0 Å². The fourth-order valence-corrected chi connectivity index (χ4v) is 2.18. The maximum Gasteiger partial charge on any atom is 0.226 e. The molecule has 0 atom stereocenters. The smallest absolute Gasteiger partial charge is 0.226 e. The average Bonchev–Trinajstić information content (AvgIpc) is 2.89. The Morgan fingerprint density at radius 2 is 1.79 bits per heavy atom. The van der Waals surface area contributed by atoms with Crippen LogP contribution in [0.4, 0.5) is 0 Å². The topological polar surface area (TPSA) is 29.1 Å². The predicted octanol–water partition coefficient (Wildman–Crippen LogP) is 2.48. The predicted molar refractivity (Wildman–Crippen MR) is 56.9 cm³/mol. The normalized spacial score (nSPS) is 35.0. The largest absolute Gasteiger partial charge is 0.353 e. The van der Waals surface area contributed by atoms with E-state index in [0.717, 1.165) is 18.8 Å². The molecule has 14 heavy (non-hydrogen) atoms. The van der Waals surface area contributed by atoms with Crippen LogP contribution < -0.4 is 5.32 Å². The Kier molecular flexibility index (Phi) is 2.54. The average molecular weight is 195 g/mol. The van der Waals surface area contributed by atoms with Gasteiger partial charge in [0, 0.05) is 11.5 Å². The molecule has 0 aromatic carbocycles. The summed E-state index contributed by atoms with van der Waals surface area (Å²) < 4.78 is 0. The van der Waals surface area contributed by atoms with Crippen molar-refractivity contribution in [2.45, 2.75) is 58.4 Å². The Morgan fingerprint density at radius 3 is 2.29 bits per heavy atom. The molecule has 0 unspecified atom stereocenters. The van der Waals surface area contributed by atoms with Gasteiger partial charge in [-0.2, -0.15) is 0 Å². The van der Waals surface area contributed by atoms with Crippen molar-refractivity contribution in [3.63, 3.8) is 0 Å². The summed E-state index contributed by atoms with van der Waals surface area (Å²) in [6.07, 6.45) is 7.10. The molecule has 2 fully saturated rings. The van der Waals surface area contributed by atoms with Gasteiger partial charge < -0.3 is 5.32 Å². The van der Waals surface area contributed by atoms with Gasteiger partial charge in [0.25, 0.3) is 0 Å². The summed E-state index contributed by atoms with van der Waals surface area (Å²) in [7, 11) is 0. The molecular formula is C12H21NO. The SMILES string of the molecule is CC1(C(=O)N[C@H]2CC[C@H](C)CC2)CC1. The maximum atomic E-state index is 11.8. The zero-order valence-corrected chi connectivity index (χ0v) is 9.31. The fraction of sp³-hybridized carbons (Fsp3) is 0.917. The van der Waals surface area contributed by atoms with Crippen LogP contribution in [0.1, 0.15) is 52.4 Å². The van der Waals surface area contributed by atoms with E-state index in [2.05, 4.69) is 19.2 Å². The second kappa shape index (κ2) is 3.56. The fourth-order valence-electron chi connectivity index (χ4n) is 2.18. The summed E-state index contributed by atoms with van der Waals surface area (Å²) in [6.45, 7) is 4.38. The van der Waals surface area contributed by atoms with E-state index in [4.69, 9.17) is 0 Å². The van der Waals surface area contributed by atoms with Crippen molar-refractivity contribution in [2.24, 2.45) is 11.3 Å². The second-order valence-electron chi connectivity index (χ2n) is 5.49. The lowest BCUT2D eigenvalue weighted by Crippen LogP contribution is -2.40. The number of nitrogens with one attached hydrogen (secondary N) is 1. The summed E-state index contributed by atoms with van der Waals surface area (Å²) in [5, 5.41) is 3.20. The van der Waals surface area contributed by atoms with E-state index >= 15 is 0 Å². The Labute approximate surface area is 86.5 Å². The van der Waals surface area contributed by atoms with E-state index < -0.39 is 0 Å². The van der Waals surface area contributed by atoms with Gasteiger partial charge in [-0.1, -0.05) is 13.8 Å². The van der Waals surface area contributed by atoms with Crippen molar-refractivity contribution < 1.29 is 4.79 Å². The van der Waals surface area contributed by atoms with Crippen LogP contribution in [-0.2, 0) is 4.79 Å². The third kappa shape index (κ3) is 2.10. The quantitative estimate of drug-likeness (QED) is 0.720. The zero-order valence-electron chi connectivity index (χ0n) is 9.31. The van der Waals surface area contributed by atoms with E-state index in [1.807, 2.05) is 0 Å². The minimum Gasteiger partial charge on any atom is -0.353 e. The lowest BCUT2D eigenvalue weighted by atomic mass is 9.87. The lowest BCUT2D eigenvalue weighted by Gasteiger charge is -2.27. The lowest BCUT2D eigenvalue weighted by molar-refractivity contribution is -0.126. The van der Waals surface area contributed by atoms with Crippen LogP contribution in [-0.4, -0.2) is 11.9 Å². The molecule has 0 spiro atoms. The van der Waals surface area contributed by atoms with Crippen LogP contribution >= 0.6 is 0 Å². The number of hydrogen-bond donors (Lipinski definition) is 1. The first-order valence-corrected chi connectivity index (χ1v) is 5.91. The van der Waals surface area contributed by atoms with Crippen LogP contribution in [0.2, 0.25) is 0 Å². The van der Waals surface area contributed by atoms with Gasteiger partial charge in [0.1, 0.15) is 0 Å². The van der Waals surface area contributed by atoms with Crippen molar-refractivity contribution in [3.05, 3.63) is 0 Å². The highest BCUT2D eigenvalue weighted by Gasteiger charge is 2.45. The molecule has 2 rings (SSSR count). The first kappa shape index (κ1) is 10.0. The minimum absolute atomic E-state index is 0.00304. The van der Waals surface area contributed by atoms with Crippen molar-refractivity contribution in [1.29, 1.82) is 0 Å². The van der Waals surface area contributed by atoms with E-state index in [1.54, 1.807) is 0 Å². The van der Waals surface area contributed by atoms with E-state index in [0.29, 0.717) is 11.9 Å². The highest BCUT2D eigenvalue weighted by Crippen LogP contribution is 2.45. The molecular weight excluding hydrogens is 174 g/mol. The molecule has 0 bridgehead atoms. The molecule has 0 radical (unpaired) electrons. The van der Waals surface area contributed by atoms with E-state index in [1.165, 1.54) is 25.7 Å². The van der Waals surface area contributed by atoms with Crippen LogP contribution in [0.5, 0.6) is 0 Å². The highest BCUT2D eigenvalue weighted by atomic mass is 16.2. The van der Waals surface area contributed by atoms with Crippen LogP contribution in [0.15, 0.2) is 0 Å². The Bertz CT molecular complexity index is 224. The molecule has 0 saturated heterocycles. The molecule has 1 amide bonds. The molecule has 2 aliphatic rings. The van der Waals surface area contributed by atoms with E-state index in [-0.39, 0.29) is 5.41 Å². The summed E-state index contributed by atoms with van der Waals surface area (Å²) in [5.41, 5.74) is 0.00304. The summed E-state index contributed by atoms with van der Waals surface area (Å²) in [4.78, 5) is 11.8. The van der Waals surface area contributed by atoms with Gasteiger partial charge in [0.15, 0.2) is 0 Å². The number of carbonyl (C=O) groups excluding carboxylic acids is 1. The van der Waals surface area contributed by atoms with Crippen molar-refractivity contribution in [1.82, 2.24) is 5.32 Å². The number of hydrogen-bond acceptors (Lipinski definition) is 1. The van der Waals surface area contributed by atoms with E-state index in [9.17, 15) is 4.79 Å². The van der Waals surface area contributed by atoms with Gasteiger partial charge in [0.2, 0.25) is 5.91 Å². The summed E-state index contributed by atoms with van der Waals surface area (Å²) >= 11 is 0. The van der Waals surface area contributed by atoms with Crippen molar-refractivity contribution in [2.75, 3.05) is 0 Å². The number of amides is 1. The standard InChI is InChI=1S/C12H21NO/c1-9-3-5-10(6-4-9)13-11(14)12(2)7-8-12/h9-10H,3-8H2,1-2H3,(H,13,14)/t9-,10-. The number of rotatable bonds is 2. The second-order valence-corrected chi connectivity index (χ2v) is 5.49. The van der Waals surface area contributed by atoms with Crippen LogP contribution in [0.25, 0.3) is 0 Å². The Hall–Kier alpha value is -0.530. The first-order chi connectivity index (χ1) is 6.60. The van der Waals surface area contributed by atoms with Gasteiger partial charge in [0.05, 0.1) is 0 Å². The molecule has 0 heterocycles. The third-order valence-electron chi connectivity index (χ3n) is 3.90. The summed E-state index contributed by atoms with van der Waals surface area (Å²) in [6, 6.07) is 0.469. The van der Waals surface area contributed by atoms with Crippen molar-refractivity contribution >= 4 is 5.91 Å². The van der Waals surface area contributed by atoms with Crippen LogP contribution in [0, 0.1) is 11.3 Å². The molecule has 2 aliphatic carbocycles. The van der Waals surface area contributed by atoms with Gasteiger partial charge >= 0.3 is 0 Å². The molecule has 0 aliphatic heterocycles. The van der Waals surface area contributed by atoms with Crippen LogP contribution in [0.3, 0.4) is 0 Å². The van der Waals surface area contributed by atoms with Gasteiger partial charge in [-0.25, -0.2) is 0 Å². The highest BCUT2D eigenvalue weighted by molar-refractivity contribution is 5.84. The molecule has 0 aromatic heterocycles. The molecule has 0 aromatic rings. The minimum atomic E-state index is 0.00304. The van der Waals surface area contributed by atoms with Gasteiger partial charge in [-0.05, 0) is 44.4 Å². The summed E-state index contributed by atoms with van der Waals surface area (Å²) in [5.74, 6) is 1.16. The Balaban J connectivity index is 1.78. The van der Waals surface area contributed by atoms with Gasteiger partial charge in [-0.3, -0.25) is 4.79 Å². The third-order valence-corrected chi connectivity index (χ3v) is 3.90. The Morgan fingerprint density at radius 1 is 1.21 bits per heavy atom. The molecule has 80 valence electrons. The van der Waals surface area contributed by atoms with Crippen molar-refractivity contribution in [3.8, 4) is 0 Å².